The van der Waals surface area contributed by atoms with E-state index < -0.39 is 0 Å². The third-order valence-electron chi connectivity index (χ3n) is 3.18. The van der Waals surface area contributed by atoms with Crippen molar-refractivity contribution in [2.24, 2.45) is 0 Å². The number of pyridine rings is 1. The first kappa shape index (κ1) is 11.9. The molecule has 0 amide bonds. The number of nitrogens with zero attached hydrogens (tertiary/aromatic N) is 2. The first-order valence-corrected chi connectivity index (χ1v) is 7.27. The lowest BCUT2D eigenvalue weighted by atomic mass is 10.2. The molecular formula is C13H19BrN2. The van der Waals surface area contributed by atoms with Crippen molar-refractivity contribution in [3.63, 3.8) is 0 Å². The lowest BCUT2D eigenvalue weighted by molar-refractivity contribution is 0.781. The Labute approximate surface area is 106 Å². The molecule has 2 rings (SSSR count). The summed E-state index contributed by atoms with van der Waals surface area (Å²) in [6.07, 6.45) is 4.83. The summed E-state index contributed by atoms with van der Waals surface area (Å²) < 4.78 is 0. The van der Waals surface area contributed by atoms with Gasteiger partial charge in [-0.1, -0.05) is 22.0 Å². The van der Waals surface area contributed by atoms with Gasteiger partial charge in [-0.2, -0.15) is 0 Å². The molecule has 2 nitrogen and oxygen atoms in total. The minimum atomic E-state index is 1.04. The summed E-state index contributed by atoms with van der Waals surface area (Å²) in [4.78, 5) is 7.15. The van der Waals surface area contributed by atoms with Gasteiger partial charge in [-0.3, -0.25) is 0 Å². The highest BCUT2D eigenvalue weighted by Crippen LogP contribution is 2.23. The van der Waals surface area contributed by atoms with Gasteiger partial charge in [0.05, 0.1) is 0 Å². The van der Waals surface area contributed by atoms with Crippen molar-refractivity contribution in [3.8, 4) is 0 Å². The SMILES string of the molecule is CCN(CCCBr)c1ccc2c(n1)CCC2. The zero-order valence-electron chi connectivity index (χ0n) is 9.88. The van der Waals surface area contributed by atoms with Gasteiger partial charge in [0.1, 0.15) is 5.82 Å². The van der Waals surface area contributed by atoms with E-state index in [9.17, 15) is 0 Å². The van der Waals surface area contributed by atoms with E-state index in [-0.39, 0.29) is 0 Å². The highest BCUT2D eigenvalue weighted by molar-refractivity contribution is 9.09. The largest absolute Gasteiger partial charge is 0.357 e. The molecule has 0 saturated heterocycles. The van der Waals surface area contributed by atoms with Gasteiger partial charge in [0, 0.05) is 24.1 Å². The van der Waals surface area contributed by atoms with Gasteiger partial charge in [-0.15, -0.1) is 0 Å². The van der Waals surface area contributed by atoms with Crippen LogP contribution >= 0.6 is 15.9 Å². The van der Waals surface area contributed by atoms with Crippen LogP contribution in [0.5, 0.6) is 0 Å². The molecule has 16 heavy (non-hydrogen) atoms. The van der Waals surface area contributed by atoms with Crippen molar-refractivity contribution in [1.82, 2.24) is 4.98 Å². The molecule has 1 aromatic heterocycles. The number of rotatable bonds is 5. The molecule has 0 aliphatic heterocycles. The maximum absolute atomic E-state index is 4.79. The molecule has 0 atom stereocenters. The van der Waals surface area contributed by atoms with E-state index in [2.05, 4.69) is 39.9 Å². The molecule has 1 aliphatic rings. The van der Waals surface area contributed by atoms with Gasteiger partial charge in [-0.05, 0) is 44.2 Å². The second-order valence-electron chi connectivity index (χ2n) is 4.25. The molecule has 0 spiro atoms. The zero-order chi connectivity index (χ0) is 11.4. The number of hydrogen-bond donors (Lipinski definition) is 0. The van der Waals surface area contributed by atoms with Gasteiger partial charge in [0.15, 0.2) is 0 Å². The molecule has 0 aromatic carbocycles. The van der Waals surface area contributed by atoms with Crippen LogP contribution in [0.2, 0.25) is 0 Å². The van der Waals surface area contributed by atoms with Crippen LogP contribution in [0.15, 0.2) is 12.1 Å². The predicted octanol–water partition coefficient (Wildman–Crippen LogP) is 3.18. The van der Waals surface area contributed by atoms with E-state index in [0.29, 0.717) is 0 Å². The van der Waals surface area contributed by atoms with Crippen molar-refractivity contribution in [2.45, 2.75) is 32.6 Å². The summed E-state index contributed by atoms with van der Waals surface area (Å²) >= 11 is 3.48. The highest BCUT2D eigenvalue weighted by Gasteiger charge is 2.14. The Bertz CT molecular complexity index is 352. The van der Waals surface area contributed by atoms with Gasteiger partial charge in [-0.25, -0.2) is 4.98 Å². The number of alkyl halides is 1. The van der Waals surface area contributed by atoms with Gasteiger partial charge in [0.2, 0.25) is 0 Å². The van der Waals surface area contributed by atoms with E-state index in [1.54, 1.807) is 0 Å². The summed E-state index contributed by atoms with van der Waals surface area (Å²) in [6.45, 7) is 4.33. The first-order valence-electron chi connectivity index (χ1n) is 6.15. The molecule has 0 bridgehead atoms. The molecule has 0 N–H and O–H groups in total. The minimum Gasteiger partial charge on any atom is -0.357 e. The Morgan fingerprint density at radius 1 is 1.38 bits per heavy atom. The predicted molar refractivity (Wildman–Crippen MR) is 72.6 cm³/mol. The van der Waals surface area contributed by atoms with Gasteiger partial charge in [0.25, 0.3) is 0 Å². The Morgan fingerprint density at radius 3 is 3.00 bits per heavy atom. The molecule has 88 valence electrons. The van der Waals surface area contributed by atoms with Crippen molar-refractivity contribution >= 4 is 21.7 Å². The van der Waals surface area contributed by atoms with Crippen molar-refractivity contribution in [3.05, 3.63) is 23.4 Å². The lowest BCUT2D eigenvalue weighted by Crippen LogP contribution is -2.25. The standard InChI is InChI=1S/C13H19BrN2/c1-2-16(10-4-9-14)13-8-7-11-5-3-6-12(11)15-13/h7-8H,2-6,9-10H2,1H3. The maximum Gasteiger partial charge on any atom is 0.128 e. The smallest absolute Gasteiger partial charge is 0.128 e. The number of hydrogen-bond acceptors (Lipinski definition) is 2. The van der Waals surface area contributed by atoms with Crippen LogP contribution in [0, 0.1) is 0 Å². The minimum absolute atomic E-state index is 1.04. The van der Waals surface area contributed by atoms with Gasteiger partial charge >= 0.3 is 0 Å². The quantitative estimate of drug-likeness (QED) is 0.772. The summed E-state index contributed by atoms with van der Waals surface area (Å²) in [7, 11) is 0. The van der Waals surface area contributed by atoms with Crippen LogP contribution in [0.4, 0.5) is 5.82 Å². The molecule has 0 radical (unpaired) electrons. The van der Waals surface area contributed by atoms with Crippen LogP contribution < -0.4 is 4.90 Å². The third kappa shape index (κ3) is 2.57. The highest BCUT2D eigenvalue weighted by atomic mass is 79.9. The summed E-state index contributed by atoms with van der Waals surface area (Å²) in [5.74, 6) is 1.16. The van der Waals surface area contributed by atoms with Crippen LogP contribution in [0.1, 0.15) is 31.0 Å². The first-order chi connectivity index (χ1) is 7.85. The van der Waals surface area contributed by atoms with E-state index in [1.165, 1.54) is 36.9 Å². The van der Waals surface area contributed by atoms with E-state index in [1.807, 2.05) is 0 Å². The van der Waals surface area contributed by atoms with Crippen molar-refractivity contribution in [2.75, 3.05) is 23.3 Å². The third-order valence-corrected chi connectivity index (χ3v) is 3.74. The molecule has 1 aromatic rings. The number of aromatic nitrogens is 1. The fraction of sp³-hybridized carbons (Fsp3) is 0.615. The molecule has 1 heterocycles. The van der Waals surface area contributed by atoms with Gasteiger partial charge < -0.3 is 4.90 Å². The number of halogens is 1. The van der Waals surface area contributed by atoms with Crippen LogP contribution in [0.3, 0.4) is 0 Å². The maximum atomic E-state index is 4.79. The zero-order valence-corrected chi connectivity index (χ0v) is 11.5. The monoisotopic (exact) mass is 282 g/mol. The fourth-order valence-electron chi connectivity index (χ4n) is 2.27. The van der Waals surface area contributed by atoms with Crippen LogP contribution in [0.25, 0.3) is 0 Å². The van der Waals surface area contributed by atoms with Crippen molar-refractivity contribution in [1.29, 1.82) is 0 Å². The normalized spacial score (nSPS) is 13.9. The Balaban J connectivity index is 2.12. The summed E-state index contributed by atoms with van der Waals surface area (Å²) in [6, 6.07) is 4.45. The Morgan fingerprint density at radius 2 is 2.25 bits per heavy atom. The van der Waals surface area contributed by atoms with E-state index in [4.69, 9.17) is 4.98 Å². The average Bonchev–Trinajstić information content (AvgIpc) is 2.77. The molecular weight excluding hydrogens is 264 g/mol. The molecule has 0 fully saturated rings. The molecule has 0 unspecified atom stereocenters. The second-order valence-corrected chi connectivity index (χ2v) is 5.04. The van der Waals surface area contributed by atoms with Crippen LogP contribution in [-0.4, -0.2) is 23.4 Å². The number of anilines is 1. The Kier molecular flexibility index (Phi) is 4.22. The number of fused-ring (bicyclic) bond motifs is 1. The average molecular weight is 283 g/mol. The fourth-order valence-corrected chi connectivity index (χ4v) is 2.52. The second kappa shape index (κ2) is 5.67. The van der Waals surface area contributed by atoms with Crippen molar-refractivity contribution < 1.29 is 0 Å². The van der Waals surface area contributed by atoms with E-state index in [0.717, 1.165) is 24.2 Å². The molecule has 3 heteroatoms. The molecule has 0 saturated carbocycles. The topological polar surface area (TPSA) is 16.1 Å². The number of aryl methyl sites for hydroxylation is 2. The lowest BCUT2D eigenvalue weighted by Gasteiger charge is -2.22. The Hall–Kier alpha value is -0.570. The van der Waals surface area contributed by atoms with Crippen LogP contribution in [-0.2, 0) is 12.8 Å². The van der Waals surface area contributed by atoms with E-state index >= 15 is 0 Å². The molecule has 1 aliphatic carbocycles. The summed E-state index contributed by atoms with van der Waals surface area (Å²) in [5.41, 5.74) is 2.79. The summed E-state index contributed by atoms with van der Waals surface area (Å²) in [5, 5.41) is 1.06.